The Morgan fingerprint density at radius 1 is 1.07 bits per heavy atom. The summed E-state index contributed by atoms with van der Waals surface area (Å²) in [5.74, 6) is -0.452. The molecule has 1 amide bonds. The van der Waals surface area contributed by atoms with Crippen molar-refractivity contribution in [3.63, 3.8) is 0 Å². The molecule has 2 aromatic heterocycles. The van der Waals surface area contributed by atoms with E-state index >= 15 is 0 Å². The number of nitrogens with one attached hydrogen (secondary N) is 1. The molecular formula is C22H29NO4S. The van der Waals surface area contributed by atoms with Gasteiger partial charge in [0.1, 0.15) is 5.00 Å². The Bertz CT molecular complexity index is 779. The van der Waals surface area contributed by atoms with Crippen LogP contribution in [0.3, 0.4) is 0 Å². The van der Waals surface area contributed by atoms with Crippen LogP contribution in [0.25, 0.3) is 0 Å². The van der Waals surface area contributed by atoms with Crippen LogP contribution in [0.4, 0.5) is 5.00 Å². The van der Waals surface area contributed by atoms with E-state index < -0.39 is 0 Å². The Balaban J connectivity index is 1.91. The van der Waals surface area contributed by atoms with Gasteiger partial charge in [0.25, 0.3) is 5.91 Å². The zero-order chi connectivity index (χ0) is 19.8. The lowest BCUT2D eigenvalue weighted by molar-refractivity contribution is 0.0526. The van der Waals surface area contributed by atoms with Crippen molar-refractivity contribution in [2.45, 2.75) is 71.1 Å². The third-order valence-electron chi connectivity index (χ3n) is 5.12. The molecule has 28 heavy (non-hydrogen) atoms. The molecule has 0 aromatic carbocycles. The highest BCUT2D eigenvalue weighted by Crippen LogP contribution is 2.37. The molecule has 0 radical (unpaired) electrons. The van der Waals surface area contributed by atoms with Gasteiger partial charge in [-0.2, -0.15) is 0 Å². The van der Waals surface area contributed by atoms with Crippen molar-refractivity contribution in [3.05, 3.63) is 40.2 Å². The van der Waals surface area contributed by atoms with Crippen molar-refractivity contribution in [1.29, 1.82) is 0 Å². The van der Waals surface area contributed by atoms with Crippen molar-refractivity contribution >= 4 is 28.2 Å². The summed E-state index contributed by atoms with van der Waals surface area (Å²) in [5, 5.41) is 3.47. The number of hydrogen-bond acceptors (Lipinski definition) is 5. The van der Waals surface area contributed by atoms with Crippen LogP contribution < -0.4 is 5.32 Å². The van der Waals surface area contributed by atoms with Crippen LogP contribution in [0, 0.1) is 0 Å². The summed E-state index contributed by atoms with van der Waals surface area (Å²) in [7, 11) is 0. The average Bonchev–Trinajstić information content (AvgIpc) is 3.30. The number of aryl methyl sites for hydroxylation is 1. The van der Waals surface area contributed by atoms with Gasteiger partial charge < -0.3 is 14.5 Å². The summed E-state index contributed by atoms with van der Waals surface area (Å²) < 4.78 is 10.5. The van der Waals surface area contributed by atoms with E-state index in [0.29, 0.717) is 17.2 Å². The van der Waals surface area contributed by atoms with E-state index in [1.54, 1.807) is 19.1 Å². The van der Waals surface area contributed by atoms with Crippen molar-refractivity contribution < 1.29 is 18.7 Å². The first-order valence-electron chi connectivity index (χ1n) is 10.4. The SMILES string of the molecule is CCOC(=O)c1c(NC(=O)c2ccco2)sc2c1CCCCCCCCCC2. The zero-order valence-electron chi connectivity index (χ0n) is 16.6. The summed E-state index contributed by atoms with van der Waals surface area (Å²) in [4.78, 5) is 26.5. The molecule has 5 nitrogen and oxygen atoms in total. The average molecular weight is 404 g/mol. The van der Waals surface area contributed by atoms with Crippen molar-refractivity contribution in [2.24, 2.45) is 0 Å². The van der Waals surface area contributed by atoms with Crippen LogP contribution in [0.15, 0.2) is 22.8 Å². The van der Waals surface area contributed by atoms with Crippen LogP contribution in [0.1, 0.15) is 89.6 Å². The van der Waals surface area contributed by atoms with Crippen LogP contribution in [0.5, 0.6) is 0 Å². The van der Waals surface area contributed by atoms with Gasteiger partial charge in [0.05, 0.1) is 18.4 Å². The Morgan fingerprint density at radius 3 is 2.39 bits per heavy atom. The highest BCUT2D eigenvalue weighted by Gasteiger charge is 2.26. The quantitative estimate of drug-likeness (QED) is 0.637. The fourth-order valence-electron chi connectivity index (χ4n) is 3.71. The molecule has 0 bridgehead atoms. The monoisotopic (exact) mass is 403 g/mol. The second kappa shape index (κ2) is 10.5. The number of carbonyl (C=O) groups is 2. The van der Waals surface area contributed by atoms with Gasteiger partial charge in [-0.25, -0.2) is 4.79 Å². The number of ether oxygens (including phenoxy) is 1. The Kier molecular flexibility index (Phi) is 7.71. The Morgan fingerprint density at radius 2 is 1.75 bits per heavy atom. The number of anilines is 1. The van der Waals surface area contributed by atoms with E-state index in [2.05, 4.69) is 5.32 Å². The summed E-state index contributed by atoms with van der Waals surface area (Å²) >= 11 is 1.52. The number of fused-ring (bicyclic) bond motifs is 1. The van der Waals surface area contributed by atoms with E-state index in [4.69, 9.17) is 9.15 Å². The molecular weight excluding hydrogens is 374 g/mol. The molecule has 0 saturated carbocycles. The third-order valence-corrected chi connectivity index (χ3v) is 6.33. The minimum absolute atomic E-state index is 0.234. The van der Waals surface area contributed by atoms with Crippen LogP contribution >= 0.6 is 11.3 Å². The van der Waals surface area contributed by atoms with E-state index in [0.717, 1.165) is 31.2 Å². The minimum Gasteiger partial charge on any atom is -0.462 e. The highest BCUT2D eigenvalue weighted by molar-refractivity contribution is 7.17. The molecule has 2 heterocycles. The maximum Gasteiger partial charge on any atom is 0.341 e. The lowest BCUT2D eigenvalue weighted by Crippen LogP contribution is -2.15. The third kappa shape index (κ3) is 5.25. The second-order valence-corrected chi connectivity index (χ2v) is 8.29. The summed E-state index contributed by atoms with van der Waals surface area (Å²) in [6.45, 7) is 2.12. The molecule has 2 aromatic rings. The maximum absolute atomic E-state index is 12.8. The fraction of sp³-hybridized carbons (Fsp3) is 0.545. The summed E-state index contributed by atoms with van der Waals surface area (Å²) in [6.07, 6.45) is 13.0. The summed E-state index contributed by atoms with van der Waals surface area (Å²) in [5.41, 5.74) is 1.61. The topological polar surface area (TPSA) is 68.5 Å². The second-order valence-electron chi connectivity index (χ2n) is 7.19. The smallest absolute Gasteiger partial charge is 0.341 e. The predicted molar refractivity (Wildman–Crippen MR) is 111 cm³/mol. The van der Waals surface area contributed by atoms with Gasteiger partial charge in [-0.15, -0.1) is 11.3 Å². The van der Waals surface area contributed by atoms with Gasteiger partial charge in [0, 0.05) is 4.88 Å². The van der Waals surface area contributed by atoms with Crippen LogP contribution in [-0.4, -0.2) is 18.5 Å². The first-order valence-corrected chi connectivity index (χ1v) is 11.2. The zero-order valence-corrected chi connectivity index (χ0v) is 17.4. The minimum atomic E-state index is -0.346. The first kappa shape index (κ1) is 20.6. The molecule has 3 rings (SSSR count). The lowest BCUT2D eigenvalue weighted by Gasteiger charge is -2.10. The number of thiophene rings is 1. The van der Waals surface area contributed by atoms with Crippen LogP contribution in [-0.2, 0) is 17.6 Å². The van der Waals surface area contributed by atoms with E-state index in [1.807, 2.05) is 0 Å². The molecule has 152 valence electrons. The van der Waals surface area contributed by atoms with Crippen LogP contribution in [0.2, 0.25) is 0 Å². The predicted octanol–water partition coefficient (Wildman–Crippen LogP) is 5.99. The molecule has 0 saturated heterocycles. The highest BCUT2D eigenvalue weighted by atomic mass is 32.1. The van der Waals surface area contributed by atoms with Gasteiger partial charge >= 0.3 is 5.97 Å². The molecule has 0 aliphatic heterocycles. The van der Waals surface area contributed by atoms with E-state index in [1.165, 1.54) is 61.0 Å². The molecule has 0 spiro atoms. The largest absolute Gasteiger partial charge is 0.462 e. The lowest BCUT2D eigenvalue weighted by atomic mass is 9.97. The number of carbonyl (C=O) groups excluding carboxylic acids is 2. The molecule has 1 aliphatic rings. The van der Waals surface area contributed by atoms with E-state index in [-0.39, 0.29) is 17.6 Å². The molecule has 0 fully saturated rings. The molecule has 1 aliphatic carbocycles. The van der Waals surface area contributed by atoms with Crippen molar-refractivity contribution in [1.82, 2.24) is 0 Å². The number of furan rings is 1. The number of hydrogen-bond donors (Lipinski definition) is 1. The number of rotatable bonds is 4. The molecule has 0 unspecified atom stereocenters. The van der Waals surface area contributed by atoms with Gasteiger partial charge in [-0.05, 0) is 50.3 Å². The molecule has 0 atom stereocenters. The molecule has 6 heteroatoms. The summed E-state index contributed by atoms with van der Waals surface area (Å²) in [6, 6.07) is 3.29. The number of amides is 1. The first-order chi connectivity index (χ1) is 13.7. The fourth-order valence-corrected chi connectivity index (χ4v) is 4.98. The Labute approximate surface area is 170 Å². The standard InChI is InChI=1S/C22H29NO4S/c1-2-26-22(25)19-16-12-9-7-5-3-4-6-8-10-14-18(16)28-21(19)23-20(24)17-13-11-15-27-17/h11,13,15H,2-10,12,14H2,1H3,(H,23,24). The Hall–Kier alpha value is -2.08. The van der Waals surface area contributed by atoms with Gasteiger partial charge in [0.2, 0.25) is 0 Å². The van der Waals surface area contributed by atoms with Gasteiger partial charge in [-0.3, -0.25) is 4.79 Å². The van der Waals surface area contributed by atoms with Gasteiger partial charge in [-0.1, -0.05) is 38.5 Å². The number of esters is 1. The van der Waals surface area contributed by atoms with E-state index in [9.17, 15) is 9.59 Å². The van der Waals surface area contributed by atoms with Crippen molar-refractivity contribution in [3.8, 4) is 0 Å². The molecule has 1 N–H and O–H groups in total. The normalized spacial score (nSPS) is 15.8. The van der Waals surface area contributed by atoms with Gasteiger partial charge in [0.15, 0.2) is 5.76 Å². The van der Waals surface area contributed by atoms with Crippen molar-refractivity contribution in [2.75, 3.05) is 11.9 Å². The maximum atomic E-state index is 12.8.